The summed E-state index contributed by atoms with van der Waals surface area (Å²) in [6, 6.07) is 19.8. The number of benzene rings is 3. The maximum Gasteiger partial charge on any atom is 0.251 e. The largest absolute Gasteiger partial charge is 0.497 e. The molecule has 35 heavy (non-hydrogen) atoms. The molecule has 3 aromatic carbocycles. The molecular weight excluding hydrogens is 440 g/mol. The lowest BCUT2D eigenvalue weighted by atomic mass is 9.87. The van der Waals surface area contributed by atoms with Crippen LogP contribution < -0.4 is 19.5 Å². The quantitative estimate of drug-likeness (QED) is 0.501. The monoisotopic (exact) mass is 474 g/mol. The Labute approximate surface area is 207 Å². The molecule has 6 nitrogen and oxygen atoms in total. The Bertz CT molecular complexity index is 1190. The number of carbonyl (C=O) groups is 1. The highest BCUT2D eigenvalue weighted by molar-refractivity contribution is 5.95. The summed E-state index contributed by atoms with van der Waals surface area (Å²) < 4.78 is 16.6. The van der Waals surface area contributed by atoms with Crippen LogP contribution in [-0.2, 0) is 13.0 Å². The predicted molar refractivity (Wildman–Crippen MR) is 138 cm³/mol. The highest BCUT2D eigenvalue weighted by Gasteiger charge is 2.34. The van der Waals surface area contributed by atoms with Gasteiger partial charge in [0.2, 0.25) is 0 Å². The van der Waals surface area contributed by atoms with Crippen molar-refractivity contribution in [2.75, 3.05) is 27.9 Å². The van der Waals surface area contributed by atoms with Crippen molar-refractivity contribution in [3.8, 4) is 17.2 Å². The summed E-state index contributed by atoms with van der Waals surface area (Å²) in [6.45, 7) is 5.63. The van der Waals surface area contributed by atoms with Crippen LogP contribution in [0.3, 0.4) is 0 Å². The molecule has 0 saturated heterocycles. The minimum atomic E-state index is -0.148. The highest BCUT2D eigenvalue weighted by Crippen LogP contribution is 2.40. The standard InChI is InChI=1S/C29H34N2O4/c1-19-9-6-7-12-24(19)29(32)30-20(2)28-25-17-27(35-5)26(34-4)16-22(25)13-14-31(28)18-21-10-8-11-23(15-21)33-3/h6-12,15-17,20,28H,13-14,18H2,1-5H3,(H,30,32)/t20-,28-/m0/s1. The van der Waals surface area contributed by atoms with E-state index in [4.69, 9.17) is 14.2 Å². The molecule has 0 aliphatic carbocycles. The van der Waals surface area contributed by atoms with Crippen molar-refractivity contribution in [2.45, 2.75) is 38.9 Å². The number of rotatable bonds is 8. The summed E-state index contributed by atoms with van der Waals surface area (Å²) in [7, 11) is 4.99. The lowest BCUT2D eigenvalue weighted by Crippen LogP contribution is -2.47. The van der Waals surface area contributed by atoms with Gasteiger partial charge in [0.15, 0.2) is 11.5 Å². The van der Waals surface area contributed by atoms with Gasteiger partial charge in [-0.2, -0.15) is 0 Å². The van der Waals surface area contributed by atoms with Crippen LogP contribution >= 0.6 is 0 Å². The fraction of sp³-hybridized carbons (Fsp3) is 0.345. The van der Waals surface area contributed by atoms with E-state index in [0.717, 1.165) is 47.7 Å². The molecule has 0 spiro atoms. The van der Waals surface area contributed by atoms with E-state index in [-0.39, 0.29) is 18.0 Å². The number of methoxy groups -OCH3 is 3. The average Bonchev–Trinajstić information content (AvgIpc) is 2.87. The van der Waals surface area contributed by atoms with Gasteiger partial charge in [0, 0.05) is 24.7 Å². The fourth-order valence-electron chi connectivity index (χ4n) is 4.99. The second kappa shape index (κ2) is 10.8. The number of fused-ring (bicyclic) bond motifs is 1. The van der Waals surface area contributed by atoms with Gasteiger partial charge in [-0.25, -0.2) is 0 Å². The van der Waals surface area contributed by atoms with Crippen LogP contribution in [0.25, 0.3) is 0 Å². The average molecular weight is 475 g/mol. The molecule has 0 aromatic heterocycles. The number of nitrogens with zero attached hydrogens (tertiary/aromatic N) is 1. The van der Waals surface area contributed by atoms with Crippen molar-refractivity contribution >= 4 is 5.91 Å². The molecule has 3 aromatic rings. The minimum absolute atomic E-state index is 0.0438. The van der Waals surface area contributed by atoms with Crippen molar-refractivity contribution in [2.24, 2.45) is 0 Å². The molecule has 0 saturated carbocycles. The van der Waals surface area contributed by atoms with E-state index in [1.54, 1.807) is 21.3 Å². The number of ether oxygens (including phenoxy) is 3. The van der Waals surface area contributed by atoms with Crippen LogP contribution in [0.2, 0.25) is 0 Å². The molecule has 1 aliphatic rings. The Kier molecular flexibility index (Phi) is 7.61. The second-order valence-corrected chi connectivity index (χ2v) is 9.00. The minimum Gasteiger partial charge on any atom is -0.497 e. The maximum atomic E-state index is 13.2. The van der Waals surface area contributed by atoms with E-state index in [2.05, 4.69) is 41.4 Å². The Hall–Kier alpha value is -3.51. The molecule has 0 bridgehead atoms. The number of nitrogens with one attached hydrogen (secondary N) is 1. The van der Waals surface area contributed by atoms with Gasteiger partial charge in [-0.3, -0.25) is 9.69 Å². The summed E-state index contributed by atoms with van der Waals surface area (Å²) in [6.07, 6.45) is 0.884. The summed E-state index contributed by atoms with van der Waals surface area (Å²) >= 11 is 0. The Balaban J connectivity index is 1.70. The van der Waals surface area contributed by atoms with E-state index < -0.39 is 0 Å². The van der Waals surface area contributed by atoms with Gasteiger partial charge in [-0.05, 0) is 72.9 Å². The molecule has 0 fully saturated rings. The normalized spacial score (nSPS) is 16.2. The van der Waals surface area contributed by atoms with Gasteiger partial charge in [0.1, 0.15) is 5.75 Å². The number of carbonyl (C=O) groups excluding carboxylic acids is 1. The first kappa shape index (κ1) is 24.6. The van der Waals surface area contributed by atoms with E-state index in [1.807, 2.05) is 43.3 Å². The molecule has 4 rings (SSSR count). The number of hydrogen-bond donors (Lipinski definition) is 1. The van der Waals surface area contributed by atoms with E-state index in [9.17, 15) is 4.79 Å². The topological polar surface area (TPSA) is 60.0 Å². The zero-order valence-corrected chi connectivity index (χ0v) is 21.1. The van der Waals surface area contributed by atoms with Crippen LogP contribution in [0.1, 0.15) is 45.6 Å². The third-order valence-electron chi connectivity index (χ3n) is 6.77. The van der Waals surface area contributed by atoms with Crippen LogP contribution in [0, 0.1) is 6.92 Å². The zero-order chi connectivity index (χ0) is 24.9. The van der Waals surface area contributed by atoms with E-state index >= 15 is 0 Å². The number of aryl methyl sites for hydroxylation is 1. The Morgan fingerprint density at radius 2 is 1.74 bits per heavy atom. The SMILES string of the molecule is COc1cccc(CN2CCc3cc(OC)c(OC)cc3[C@@H]2[C@H](C)NC(=O)c2ccccc2C)c1. The second-order valence-electron chi connectivity index (χ2n) is 9.00. The van der Waals surface area contributed by atoms with Crippen molar-refractivity contribution in [3.05, 3.63) is 88.5 Å². The Morgan fingerprint density at radius 1 is 1.00 bits per heavy atom. The van der Waals surface area contributed by atoms with Crippen molar-refractivity contribution < 1.29 is 19.0 Å². The molecule has 0 unspecified atom stereocenters. The first-order valence-electron chi connectivity index (χ1n) is 11.9. The predicted octanol–water partition coefficient (Wildman–Crippen LogP) is 4.94. The molecule has 0 radical (unpaired) electrons. The highest BCUT2D eigenvalue weighted by atomic mass is 16.5. The molecule has 6 heteroatoms. The lowest BCUT2D eigenvalue weighted by Gasteiger charge is -2.41. The molecule has 1 aliphatic heterocycles. The summed E-state index contributed by atoms with van der Waals surface area (Å²) in [5, 5.41) is 3.27. The smallest absolute Gasteiger partial charge is 0.251 e. The Morgan fingerprint density at radius 3 is 2.46 bits per heavy atom. The van der Waals surface area contributed by atoms with Gasteiger partial charge in [0.25, 0.3) is 5.91 Å². The summed E-state index contributed by atoms with van der Waals surface area (Å²) in [5.41, 5.74) is 5.18. The van der Waals surface area contributed by atoms with E-state index in [1.165, 1.54) is 5.56 Å². The van der Waals surface area contributed by atoms with Gasteiger partial charge in [0.05, 0.1) is 27.4 Å². The van der Waals surface area contributed by atoms with Crippen molar-refractivity contribution in [1.82, 2.24) is 10.2 Å². The molecular formula is C29H34N2O4. The molecule has 2 atom stereocenters. The molecule has 1 N–H and O–H groups in total. The molecule has 1 heterocycles. The van der Waals surface area contributed by atoms with E-state index in [0.29, 0.717) is 11.3 Å². The molecule has 1 amide bonds. The van der Waals surface area contributed by atoms with Crippen LogP contribution in [0.4, 0.5) is 0 Å². The van der Waals surface area contributed by atoms with Gasteiger partial charge in [-0.15, -0.1) is 0 Å². The first-order valence-corrected chi connectivity index (χ1v) is 11.9. The maximum absolute atomic E-state index is 13.2. The first-order chi connectivity index (χ1) is 16.9. The molecule has 184 valence electrons. The van der Waals surface area contributed by atoms with Gasteiger partial charge < -0.3 is 19.5 Å². The zero-order valence-electron chi connectivity index (χ0n) is 21.1. The third-order valence-corrected chi connectivity index (χ3v) is 6.77. The lowest BCUT2D eigenvalue weighted by molar-refractivity contribution is 0.0876. The summed E-state index contributed by atoms with van der Waals surface area (Å²) in [4.78, 5) is 15.6. The fourth-order valence-corrected chi connectivity index (χ4v) is 4.99. The summed E-state index contributed by atoms with van der Waals surface area (Å²) in [5.74, 6) is 2.19. The van der Waals surface area contributed by atoms with Crippen LogP contribution in [0.5, 0.6) is 17.2 Å². The van der Waals surface area contributed by atoms with Crippen molar-refractivity contribution in [1.29, 1.82) is 0 Å². The van der Waals surface area contributed by atoms with Gasteiger partial charge in [-0.1, -0.05) is 30.3 Å². The van der Waals surface area contributed by atoms with Crippen LogP contribution in [0.15, 0.2) is 60.7 Å². The number of amides is 1. The number of hydrogen-bond acceptors (Lipinski definition) is 5. The van der Waals surface area contributed by atoms with Crippen LogP contribution in [-0.4, -0.2) is 44.7 Å². The van der Waals surface area contributed by atoms with Crippen molar-refractivity contribution in [3.63, 3.8) is 0 Å². The third kappa shape index (κ3) is 5.28. The van der Waals surface area contributed by atoms with Gasteiger partial charge >= 0.3 is 0 Å².